The number of guanidine groups is 1. The highest BCUT2D eigenvalue weighted by atomic mass is 31.1. The number of hydrogen-bond donors (Lipinski definition) is 5. The number of rotatable bonds is 5. The molecule has 7 nitrogen and oxygen atoms in total. The molecule has 0 aliphatic carbocycles. The minimum atomic E-state index is -2.74. The second kappa shape index (κ2) is 11.2. The molecule has 0 saturated heterocycles. The van der Waals surface area contributed by atoms with Crippen LogP contribution in [0.2, 0.25) is 0 Å². The molecule has 0 rings (SSSR count). The van der Waals surface area contributed by atoms with E-state index in [1.54, 1.807) is 5.09 Å². The van der Waals surface area contributed by atoms with Crippen LogP contribution < -0.4 is 22.3 Å². The lowest BCUT2D eigenvalue weighted by atomic mass is 10.2. The zero-order chi connectivity index (χ0) is 12.3. The fourth-order valence-corrected chi connectivity index (χ4v) is 0.925. The van der Waals surface area contributed by atoms with Crippen LogP contribution in [-0.4, -0.2) is 12.1 Å². The first-order chi connectivity index (χ1) is 6.90. The topological polar surface area (TPSA) is 148 Å². The first-order valence-corrected chi connectivity index (χ1v) is 5.84. The molecule has 0 aromatic carbocycles. The van der Waals surface area contributed by atoms with E-state index in [1.807, 2.05) is 0 Å². The normalized spacial score (nSPS) is 9.07. The van der Waals surface area contributed by atoms with Crippen LogP contribution in [-0.2, 0) is 9.13 Å². The van der Waals surface area contributed by atoms with Gasteiger partial charge in [-0.15, -0.1) is 0 Å². The Morgan fingerprint density at radius 1 is 1.40 bits per heavy atom. The second-order valence-electron chi connectivity index (χ2n) is 2.94. The van der Waals surface area contributed by atoms with Crippen molar-refractivity contribution in [2.45, 2.75) is 38.8 Å². The third kappa shape index (κ3) is 24.6. The molecule has 0 heterocycles. The summed E-state index contributed by atoms with van der Waals surface area (Å²) in [6, 6.07) is 0. The molecule has 0 radical (unpaired) electrons. The molecule has 8 heteroatoms. The van der Waals surface area contributed by atoms with E-state index in [9.17, 15) is 9.13 Å². The Labute approximate surface area is 90.2 Å². The van der Waals surface area contributed by atoms with Crippen LogP contribution in [0.1, 0.15) is 32.6 Å². The fourth-order valence-electron chi connectivity index (χ4n) is 0.728. The van der Waals surface area contributed by atoms with E-state index in [0.29, 0.717) is 0 Å². The van der Waals surface area contributed by atoms with Crippen LogP contribution in [0.15, 0.2) is 0 Å². The Bertz CT molecular complexity index is 221. The van der Waals surface area contributed by atoms with Crippen LogP contribution in [0.5, 0.6) is 0 Å². The lowest BCUT2D eigenvalue weighted by molar-refractivity contribution is 0.512. The van der Waals surface area contributed by atoms with E-state index < -0.39 is 13.8 Å². The van der Waals surface area contributed by atoms with Crippen molar-refractivity contribution < 1.29 is 9.13 Å². The van der Waals surface area contributed by atoms with Gasteiger partial charge in [0.2, 0.25) is 0 Å². The quantitative estimate of drug-likeness (QED) is 0.153. The van der Waals surface area contributed by atoms with Gasteiger partial charge in [-0.25, -0.2) is 9.13 Å². The van der Waals surface area contributed by atoms with Gasteiger partial charge in [-0.2, -0.15) is 0 Å². The summed E-state index contributed by atoms with van der Waals surface area (Å²) in [6.07, 6.45) is 4.54. The van der Waals surface area contributed by atoms with Gasteiger partial charge in [-0.3, -0.25) is 10.5 Å². The number of nitrogens with one attached hydrogen (secondary N) is 2. The van der Waals surface area contributed by atoms with Gasteiger partial charge in [0.15, 0.2) is 5.96 Å². The maximum absolute atomic E-state index is 9.51. The smallest absolute Gasteiger partial charge is 0.370 e. The monoisotopic (exact) mass is 237 g/mol. The lowest BCUT2D eigenvalue weighted by Gasteiger charge is -2.01. The van der Waals surface area contributed by atoms with Crippen molar-refractivity contribution in [2.24, 2.45) is 17.2 Å². The van der Waals surface area contributed by atoms with Crippen LogP contribution in [0.3, 0.4) is 0 Å². The highest BCUT2D eigenvalue weighted by Gasteiger charge is 1.90. The Kier molecular flexibility index (Phi) is 12.3. The van der Waals surface area contributed by atoms with Crippen LogP contribution >= 0.6 is 7.83 Å². The van der Waals surface area contributed by atoms with Gasteiger partial charge in [0, 0.05) is 0 Å². The molecule has 0 aliphatic rings. The first-order valence-electron chi connectivity index (χ1n) is 4.66. The van der Waals surface area contributed by atoms with Crippen molar-refractivity contribution >= 4 is 13.8 Å². The van der Waals surface area contributed by atoms with Gasteiger partial charge in [-0.05, 0) is 6.42 Å². The number of hydrogen-bond acceptors (Lipinski definition) is 5. The summed E-state index contributed by atoms with van der Waals surface area (Å²) >= 11 is 0. The SMILES string of the molecule is CCCCCC(N)N.N=C(N)NP(=O)=O. The maximum Gasteiger partial charge on any atom is 0.426 e. The molecule has 0 spiro atoms. The van der Waals surface area contributed by atoms with E-state index >= 15 is 0 Å². The van der Waals surface area contributed by atoms with Crippen molar-refractivity contribution in [1.29, 1.82) is 5.41 Å². The molecule has 8 N–H and O–H groups in total. The standard InChI is InChI=1S/C6H16N2.CH4N3O2P/c1-2-3-4-5-6(7)8;2-1(3)4-7(5)6/h6H,2-5,7-8H2,1H3;(H4,2,3,4,5,6). The first kappa shape index (κ1) is 16.5. The summed E-state index contributed by atoms with van der Waals surface area (Å²) in [4.78, 5) is 0. The van der Waals surface area contributed by atoms with E-state index in [-0.39, 0.29) is 6.17 Å². The molecule has 0 amide bonds. The summed E-state index contributed by atoms with van der Waals surface area (Å²) in [5, 5.41) is 7.93. The van der Waals surface area contributed by atoms with Crippen LogP contribution in [0.25, 0.3) is 0 Å². The van der Waals surface area contributed by atoms with Crippen LogP contribution in [0, 0.1) is 5.41 Å². The minimum Gasteiger partial charge on any atom is -0.370 e. The Balaban J connectivity index is 0. The zero-order valence-electron chi connectivity index (χ0n) is 8.90. The van der Waals surface area contributed by atoms with Crippen molar-refractivity contribution in [3.05, 3.63) is 0 Å². The summed E-state index contributed by atoms with van der Waals surface area (Å²) in [6.45, 7) is 2.17. The summed E-state index contributed by atoms with van der Waals surface area (Å²) in [5.74, 6) is -0.559. The Morgan fingerprint density at radius 3 is 2.13 bits per heavy atom. The highest BCUT2D eigenvalue weighted by molar-refractivity contribution is 7.29. The summed E-state index contributed by atoms with van der Waals surface area (Å²) in [7, 11) is -2.74. The van der Waals surface area contributed by atoms with Gasteiger partial charge < -0.3 is 17.2 Å². The molecule has 90 valence electrons. The largest absolute Gasteiger partial charge is 0.426 e. The predicted octanol–water partition coefficient (Wildman–Crippen LogP) is 0.368. The van der Waals surface area contributed by atoms with Crippen molar-refractivity contribution in [3.8, 4) is 0 Å². The lowest BCUT2D eigenvalue weighted by Crippen LogP contribution is -2.29. The molecule has 0 fully saturated rings. The van der Waals surface area contributed by atoms with Crippen molar-refractivity contribution in [3.63, 3.8) is 0 Å². The Morgan fingerprint density at radius 2 is 1.93 bits per heavy atom. The average Bonchev–Trinajstić information content (AvgIpc) is 2.02. The molecule has 0 aromatic rings. The molecular formula is C7H20N5O2P. The van der Waals surface area contributed by atoms with Crippen molar-refractivity contribution in [1.82, 2.24) is 5.09 Å². The van der Waals surface area contributed by atoms with Gasteiger partial charge in [0.1, 0.15) is 0 Å². The molecule has 0 atom stereocenters. The molecule has 0 aliphatic heterocycles. The van der Waals surface area contributed by atoms with Gasteiger partial charge in [0.05, 0.1) is 6.17 Å². The molecule has 0 unspecified atom stereocenters. The number of nitrogens with two attached hydrogens (primary N) is 3. The van der Waals surface area contributed by atoms with E-state index in [1.165, 1.54) is 19.3 Å². The minimum absolute atomic E-state index is 0.0958. The van der Waals surface area contributed by atoms with E-state index in [2.05, 4.69) is 12.7 Å². The third-order valence-electron chi connectivity index (χ3n) is 1.35. The maximum atomic E-state index is 9.51. The molecule has 0 bridgehead atoms. The fraction of sp³-hybridized carbons (Fsp3) is 0.857. The van der Waals surface area contributed by atoms with Gasteiger partial charge >= 0.3 is 7.83 Å². The Hall–Kier alpha value is -0.910. The predicted molar refractivity (Wildman–Crippen MR) is 59.6 cm³/mol. The molecular weight excluding hydrogens is 217 g/mol. The second-order valence-corrected chi connectivity index (χ2v) is 3.68. The average molecular weight is 237 g/mol. The molecule has 15 heavy (non-hydrogen) atoms. The number of unbranched alkanes of at least 4 members (excludes halogenated alkanes) is 2. The third-order valence-corrected chi connectivity index (χ3v) is 1.78. The van der Waals surface area contributed by atoms with Gasteiger partial charge in [0.25, 0.3) is 0 Å². The molecule has 0 aromatic heterocycles. The van der Waals surface area contributed by atoms with Crippen molar-refractivity contribution in [2.75, 3.05) is 0 Å². The summed E-state index contributed by atoms with van der Waals surface area (Å²) < 4.78 is 19.0. The van der Waals surface area contributed by atoms with Crippen LogP contribution in [0.4, 0.5) is 0 Å². The summed E-state index contributed by atoms with van der Waals surface area (Å²) in [5.41, 5.74) is 15.2. The van der Waals surface area contributed by atoms with Gasteiger partial charge in [-0.1, -0.05) is 26.2 Å². The molecule has 0 saturated carbocycles. The van der Waals surface area contributed by atoms with E-state index in [0.717, 1.165) is 6.42 Å². The zero-order valence-corrected chi connectivity index (χ0v) is 9.80. The van der Waals surface area contributed by atoms with E-state index in [4.69, 9.17) is 16.9 Å². The highest BCUT2D eigenvalue weighted by Crippen LogP contribution is 1.97.